The van der Waals surface area contributed by atoms with Crippen LogP contribution in [0.1, 0.15) is 30.0 Å². The summed E-state index contributed by atoms with van der Waals surface area (Å²) < 4.78 is 10.6. The number of thiophene rings is 1. The van der Waals surface area contributed by atoms with Crippen LogP contribution in [0.4, 0.5) is 4.79 Å². The second-order valence-electron chi connectivity index (χ2n) is 5.74. The fraction of sp³-hybridized carbons (Fsp3) is 0.389. The fourth-order valence-electron chi connectivity index (χ4n) is 3.11. The van der Waals surface area contributed by atoms with Gasteiger partial charge in [0.15, 0.2) is 0 Å². The van der Waals surface area contributed by atoms with Crippen LogP contribution in [-0.2, 0) is 6.54 Å². The van der Waals surface area contributed by atoms with Crippen molar-refractivity contribution in [3.63, 3.8) is 0 Å². The Kier molecular flexibility index (Phi) is 5.25. The number of nitrogens with zero attached hydrogens (tertiary/aromatic N) is 1. The van der Waals surface area contributed by atoms with Crippen LogP contribution in [0.5, 0.6) is 11.5 Å². The van der Waals surface area contributed by atoms with Crippen LogP contribution in [0.3, 0.4) is 0 Å². The van der Waals surface area contributed by atoms with Gasteiger partial charge >= 0.3 is 6.03 Å². The maximum Gasteiger partial charge on any atom is 0.318 e. The minimum Gasteiger partial charge on any atom is -0.497 e. The zero-order valence-electron chi connectivity index (χ0n) is 14.0. The van der Waals surface area contributed by atoms with Crippen LogP contribution < -0.4 is 14.8 Å². The molecular weight excluding hydrogens is 324 g/mol. The zero-order valence-corrected chi connectivity index (χ0v) is 14.8. The van der Waals surface area contributed by atoms with Gasteiger partial charge in [0.2, 0.25) is 0 Å². The lowest BCUT2D eigenvalue weighted by molar-refractivity contribution is 0.192. The lowest BCUT2D eigenvalue weighted by Crippen LogP contribution is -2.39. The number of amides is 2. The van der Waals surface area contributed by atoms with Crippen molar-refractivity contribution in [2.24, 2.45) is 0 Å². The predicted octanol–water partition coefficient (Wildman–Crippen LogP) is 3.81. The first-order chi connectivity index (χ1) is 11.7. The maximum absolute atomic E-state index is 12.6. The molecule has 2 amide bonds. The Morgan fingerprint density at radius 1 is 1.33 bits per heavy atom. The Morgan fingerprint density at radius 3 is 2.92 bits per heavy atom. The number of carbonyl (C=O) groups is 1. The number of hydrogen-bond donors (Lipinski definition) is 1. The van der Waals surface area contributed by atoms with E-state index in [0.29, 0.717) is 6.54 Å². The number of hydrogen-bond acceptors (Lipinski definition) is 4. The van der Waals surface area contributed by atoms with Crippen molar-refractivity contribution in [3.05, 3.63) is 46.2 Å². The number of likely N-dealkylation sites (tertiary alicyclic amines) is 1. The summed E-state index contributed by atoms with van der Waals surface area (Å²) in [7, 11) is 3.25. The molecule has 0 aliphatic carbocycles. The second-order valence-corrected chi connectivity index (χ2v) is 6.52. The van der Waals surface area contributed by atoms with E-state index in [1.54, 1.807) is 25.6 Å². The molecule has 1 atom stereocenters. The van der Waals surface area contributed by atoms with Gasteiger partial charge in [-0.15, -0.1) is 0 Å². The molecule has 1 N–H and O–H groups in total. The SMILES string of the molecule is COc1ccc(OC)c(CNC(=O)N2CCCC2c2ccsc2)c1. The molecule has 0 saturated carbocycles. The van der Waals surface area contributed by atoms with Gasteiger partial charge in [-0.3, -0.25) is 0 Å². The molecule has 128 valence electrons. The van der Waals surface area contributed by atoms with E-state index in [-0.39, 0.29) is 12.1 Å². The Hall–Kier alpha value is -2.21. The van der Waals surface area contributed by atoms with E-state index in [0.717, 1.165) is 36.4 Å². The number of nitrogens with one attached hydrogen (secondary N) is 1. The Labute approximate surface area is 146 Å². The van der Waals surface area contributed by atoms with Crippen LogP contribution in [0.25, 0.3) is 0 Å². The largest absolute Gasteiger partial charge is 0.497 e. The van der Waals surface area contributed by atoms with E-state index in [1.165, 1.54) is 5.56 Å². The summed E-state index contributed by atoms with van der Waals surface area (Å²) in [5, 5.41) is 7.20. The molecule has 5 nitrogen and oxygen atoms in total. The van der Waals surface area contributed by atoms with E-state index in [2.05, 4.69) is 22.1 Å². The van der Waals surface area contributed by atoms with Gasteiger partial charge in [0.25, 0.3) is 0 Å². The van der Waals surface area contributed by atoms with Gasteiger partial charge in [0, 0.05) is 18.7 Å². The number of methoxy groups -OCH3 is 2. The average molecular weight is 346 g/mol. The van der Waals surface area contributed by atoms with Crippen LogP contribution in [0.2, 0.25) is 0 Å². The van der Waals surface area contributed by atoms with E-state index in [9.17, 15) is 4.79 Å². The molecule has 0 radical (unpaired) electrons. The lowest BCUT2D eigenvalue weighted by atomic mass is 10.1. The van der Waals surface area contributed by atoms with Gasteiger partial charge in [-0.2, -0.15) is 11.3 Å². The highest BCUT2D eigenvalue weighted by atomic mass is 32.1. The predicted molar refractivity (Wildman–Crippen MR) is 94.8 cm³/mol. The summed E-state index contributed by atoms with van der Waals surface area (Å²) in [6.45, 7) is 1.20. The first-order valence-electron chi connectivity index (χ1n) is 8.00. The van der Waals surface area contributed by atoms with Crippen molar-refractivity contribution in [2.45, 2.75) is 25.4 Å². The van der Waals surface area contributed by atoms with Crippen molar-refractivity contribution in [1.82, 2.24) is 10.2 Å². The minimum absolute atomic E-state index is 0.0337. The Balaban J connectivity index is 1.67. The molecule has 2 heterocycles. The molecule has 24 heavy (non-hydrogen) atoms. The monoisotopic (exact) mass is 346 g/mol. The minimum atomic E-state index is -0.0337. The van der Waals surface area contributed by atoms with Gasteiger partial charge in [0.1, 0.15) is 11.5 Å². The van der Waals surface area contributed by atoms with Crippen LogP contribution >= 0.6 is 11.3 Å². The summed E-state index contributed by atoms with van der Waals surface area (Å²) in [5.74, 6) is 1.49. The van der Waals surface area contributed by atoms with Gasteiger partial charge in [0.05, 0.1) is 20.3 Å². The molecule has 0 spiro atoms. The highest BCUT2D eigenvalue weighted by molar-refractivity contribution is 7.07. The first-order valence-corrected chi connectivity index (χ1v) is 8.94. The van der Waals surface area contributed by atoms with E-state index < -0.39 is 0 Å². The molecule has 2 aromatic rings. The molecule has 1 unspecified atom stereocenters. The molecule has 6 heteroatoms. The zero-order chi connectivity index (χ0) is 16.9. The summed E-state index contributed by atoms with van der Waals surface area (Å²) in [6, 6.07) is 7.84. The normalized spacial score (nSPS) is 16.9. The molecule has 3 rings (SSSR count). The third kappa shape index (κ3) is 3.48. The molecular formula is C18H22N2O3S. The second kappa shape index (κ2) is 7.57. The van der Waals surface area contributed by atoms with Crippen LogP contribution in [-0.4, -0.2) is 31.7 Å². The van der Waals surface area contributed by atoms with Crippen molar-refractivity contribution < 1.29 is 14.3 Å². The van der Waals surface area contributed by atoms with Crippen molar-refractivity contribution in [3.8, 4) is 11.5 Å². The number of urea groups is 1. The van der Waals surface area contributed by atoms with Crippen molar-refractivity contribution in [2.75, 3.05) is 20.8 Å². The summed E-state index contributed by atoms with van der Waals surface area (Å²) in [6.07, 6.45) is 2.06. The van der Waals surface area contributed by atoms with E-state index in [1.807, 2.05) is 23.1 Å². The van der Waals surface area contributed by atoms with E-state index >= 15 is 0 Å². The highest BCUT2D eigenvalue weighted by Gasteiger charge is 2.30. The Bertz CT molecular complexity index is 688. The van der Waals surface area contributed by atoms with Crippen molar-refractivity contribution in [1.29, 1.82) is 0 Å². The number of benzene rings is 1. The number of carbonyl (C=O) groups excluding carboxylic acids is 1. The van der Waals surface area contributed by atoms with Gasteiger partial charge in [-0.1, -0.05) is 0 Å². The molecule has 1 saturated heterocycles. The van der Waals surface area contributed by atoms with Crippen LogP contribution in [0, 0.1) is 0 Å². The van der Waals surface area contributed by atoms with Gasteiger partial charge < -0.3 is 19.7 Å². The smallest absolute Gasteiger partial charge is 0.318 e. The highest BCUT2D eigenvalue weighted by Crippen LogP contribution is 2.33. The average Bonchev–Trinajstić information content (AvgIpc) is 3.29. The third-order valence-corrected chi connectivity index (χ3v) is 5.06. The summed E-state index contributed by atoms with van der Waals surface area (Å²) in [4.78, 5) is 14.5. The maximum atomic E-state index is 12.6. The fourth-order valence-corrected chi connectivity index (χ4v) is 3.82. The Morgan fingerprint density at radius 2 is 2.21 bits per heavy atom. The number of ether oxygens (including phenoxy) is 2. The first kappa shape index (κ1) is 16.6. The summed E-state index contributed by atoms with van der Waals surface area (Å²) >= 11 is 1.67. The van der Waals surface area contributed by atoms with Crippen LogP contribution in [0.15, 0.2) is 35.0 Å². The molecule has 1 aromatic heterocycles. The standard InChI is InChI=1S/C18H22N2O3S/c1-22-15-5-6-17(23-2)14(10-15)11-19-18(21)20-8-3-4-16(20)13-7-9-24-12-13/h5-7,9-10,12,16H,3-4,8,11H2,1-2H3,(H,19,21). The molecule has 1 fully saturated rings. The number of rotatable bonds is 5. The topological polar surface area (TPSA) is 50.8 Å². The molecule has 1 aliphatic rings. The third-order valence-electron chi connectivity index (χ3n) is 4.36. The molecule has 1 aliphatic heterocycles. The molecule has 0 bridgehead atoms. The molecule has 1 aromatic carbocycles. The van der Waals surface area contributed by atoms with Crippen molar-refractivity contribution >= 4 is 17.4 Å². The van der Waals surface area contributed by atoms with E-state index in [4.69, 9.17) is 9.47 Å². The van der Waals surface area contributed by atoms with Gasteiger partial charge in [-0.25, -0.2) is 4.79 Å². The lowest BCUT2D eigenvalue weighted by Gasteiger charge is -2.24. The quantitative estimate of drug-likeness (QED) is 0.895. The van der Waals surface area contributed by atoms with Gasteiger partial charge in [-0.05, 0) is 53.4 Å². The summed E-state index contributed by atoms with van der Waals surface area (Å²) in [5.41, 5.74) is 2.13.